The summed E-state index contributed by atoms with van der Waals surface area (Å²) in [5.74, 6) is -2.85. The molecular weight excluding hydrogens is 562 g/mol. The number of fused-ring (bicyclic) bond motifs is 1. The highest BCUT2D eigenvalue weighted by molar-refractivity contribution is 8.01. The number of nitrogens with zero attached hydrogens (tertiary/aromatic N) is 2. The topological polar surface area (TPSA) is 171 Å². The Hall–Kier alpha value is -4.26. The first-order chi connectivity index (χ1) is 20.0. The third-order valence-electron chi connectivity index (χ3n) is 7.82. The molecule has 3 aliphatic heterocycles. The molecule has 5 N–H and O–H groups in total. The molecule has 4 amide bonds. The number of carbonyl (C=O) groups excluding carboxylic acids is 4. The van der Waals surface area contributed by atoms with Crippen LogP contribution in [0, 0.1) is 0 Å². The third-order valence-corrected chi connectivity index (χ3v) is 9.40. The molecule has 3 heterocycles. The van der Waals surface area contributed by atoms with Crippen LogP contribution < -0.4 is 16.4 Å². The van der Waals surface area contributed by atoms with Gasteiger partial charge in [-0.05, 0) is 38.3 Å². The number of carboxylic acids is 1. The van der Waals surface area contributed by atoms with E-state index in [2.05, 4.69) is 10.6 Å². The second-order valence-corrected chi connectivity index (χ2v) is 12.8. The van der Waals surface area contributed by atoms with E-state index in [1.807, 2.05) is 30.3 Å². The maximum absolute atomic E-state index is 13.7. The lowest BCUT2D eigenvalue weighted by molar-refractivity contribution is -0.161. The lowest BCUT2D eigenvalue weighted by Gasteiger charge is -2.44. The van der Waals surface area contributed by atoms with E-state index in [-0.39, 0.29) is 12.3 Å². The van der Waals surface area contributed by atoms with Gasteiger partial charge in [-0.2, -0.15) is 0 Å². The van der Waals surface area contributed by atoms with E-state index >= 15 is 0 Å². The van der Waals surface area contributed by atoms with E-state index < -0.39 is 64.1 Å². The molecule has 13 heteroatoms. The zero-order valence-corrected chi connectivity index (χ0v) is 24.0. The van der Waals surface area contributed by atoms with Gasteiger partial charge in [0.05, 0.1) is 0 Å². The molecule has 222 valence electrons. The van der Waals surface area contributed by atoms with E-state index in [4.69, 9.17) is 10.5 Å². The first kappa shape index (κ1) is 29.2. The minimum atomic E-state index is -1.27. The quantitative estimate of drug-likeness (QED) is 0.263. The van der Waals surface area contributed by atoms with Crippen LogP contribution in [0.15, 0.2) is 54.6 Å². The fourth-order valence-corrected chi connectivity index (χ4v) is 7.36. The summed E-state index contributed by atoms with van der Waals surface area (Å²) in [5.41, 5.74) is 7.57. The molecule has 3 saturated heterocycles. The van der Waals surface area contributed by atoms with Crippen molar-refractivity contribution in [3.63, 3.8) is 0 Å². The predicted molar refractivity (Wildman–Crippen MR) is 154 cm³/mol. The molecule has 3 aliphatic rings. The van der Waals surface area contributed by atoms with Gasteiger partial charge in [0.25, 0.3) is 0 Å². The Bertz CT molecular complexity index is 1400. The lowest BCUT2D eigenvalue weighted by Crippen LogP contribution is -2.71. The highest BCUT2D eigenvalue weighted by atomic mass is 32.2. The Kier molecular flexibility index (Phi) is 8.04. The van der Waals surface area contributed by atoms with E-state index in [0.717, 1.165) is 5.56 Å². The number of ether oxygens (including phenoxy) is 1. The molecule has 12 nitrogen and oxygen atoms in total. The standard InChI is InChI=1S/C29H33N5O7S/c1-29(2)22(27(38)39)34-25(37)21(26(34)42-29)32-24(36)20(17-11-6-7-12-18(17)30)31-23(35)19-13-8-14-33(19)28(40)41-15-16-9-4-3-5-10-16/h3-7,9-12,19-22,26H,8,13-15,30H2,1-2H3,(H,31,35)(H,32,36)(H,38,39)/t19-,20?,21+,22-,26+/m0/s1. The molecule has 0 aliphatic carbocycles. The number of aliphatic carboxylic acids is 1. The number of nitrogen functional groups attached to an aromatic ring is 1. The van der Waals surface area contributed by atoms with Crippen LogP contribution in [0.25, 0.3) is 0 Å². The molecule has 1 unspecified atom stereocenters. The van der Waals surface area contributed by atoms with Crippen LogP contribution in [0.2, 0.25) is 0 Å². The van der Waals surface area contributed by atoms with Crippen molar-refractivity contribution in [2.75, 3.05) is 12.3 Å². The molecule has 3 fully saturated rings. The van der Waals surface area contributed by atoms with Crippen molar-refractivity contribution in [1.82, 2.24) is 20.4 Å². The number of para-hydroxylation sites is 1. The smallest absolute Gasteiger partial charge is 0.410 e. The van der Waals surface area contributed by atoms with Gasteiger partial charge in [-0.15, -0.1) is 11.8 Å². The van der Waals surface area contributed by atoms with Crippen LogP contribution in [-0.2, 0) is 30.5 Å². The van der Waals surface area contributed by atoms with Crippen molar-refractivity contribution in [2.24, 2.45) is 0 Å². The van der Waals surface area contributed by atoms with Gasteiger partial charge < -0.3 is 31.1 Å². The number of amides is 4. The van der Waals surface area contributed by atoms with Crippen LogP contribution in [0.1, 0.15) is 43.9 Å². The molecule has 0 radical (unpaired) electrons. The average Bonchev–Trinajstić information content (AvgIpc) is 3.55. The number of likely N-dealkylation sites (tertiary alicyclic amines) is 1. The molecule has 0 saturated carbocycles. The number of benzene rings is 2. The molecule has 0 bridgehead atoms. The zero-order valence-electron chi connectivity index (χ0n) is 23.2. The summed E-state index contributed by atoms with van der Waals surface area (Å²) >= 11 is 1.30. The Morgan fingerprint density at radius 1 is 1.12 bits per heavy atom. The fraction of sp³-hybridized carbons (Fsp3) is 0.414. The molecule has 2 aromatic carbocycles. The van der Waals surface area contributed by atoms with Crippen molar-refractivity contribution in [1.29, 1.82) is 0 Å². The summed E-state index contributed by atoms with van der Waals surface area (Å²) in [6.45, 7) is 3.86. The predicted octanol–water partition coefficient (Wildman–Crippen LogP) is 1.86. The van der Waals surface area contributed by atoms with Crippen molar-refractivity contribution < 1.29 is 33.8 Å². The minimum absolute atomic E-state index is 0.0568. The summed E-state index contributed by atoms with van der Waals surface area (Å²) in [6, 6.07) is 11.6. The van der Waals surface area contributed by atoms with E-state index in [0.29, 0.717) is 24.9 Å². The van der Waals surface area contributed by atoms with Crippen molar-refractivity contribution in [2.45, 2.75) is 67.6 Å². The first-order valence-electron chi connectivity index (χ1n) is 13.6. The molecule has 42 heavy (non-hydrogen) atoms. The van der Waals surface area contributed by atoms with Gasteiger partial charge >= 0.3 is 12.1 Å². The van der Waals surface area contributed by atoms with E-state index in [9.17, 15) is 29.1 Å². The van der Waals surface area contributed by atoms with E-state index in [1.165, 1.54) is 21.6 Å². The summed E-state index contributed by atoms with van der Waals surface area (Å²) in [6.07, 6.45) is 0.325. The second kappa shape index (κ2) is 11.6. The molecule has 0 aromatic heterocycles. The van der Waals surface area contributed by atoms with Crippen LogP contribution in [0.4, 0.5) is 10.5 Å². The summed E-state index contributed by atoms with van der Waals surface area (Å²) in [5, 5.41) is 14.6. The number of anilines is 1. The van der Waals surface area contributed by atoms with Gasteiger partial charge in [0, 0.05) is 22.5 Å². The van der Waals surface area contributed by atoms with Crippen LogP contribution >= 0.6 is 11.8 Å². The zero-order chi connectivity index (χ0) is 30.2. The first-order valence-corrected chi connectivity index (χ1v) is 14.5. The summed E-state index contributed by atoms with van der Waals surface area (Å²) in [7, 11) is 0. The fourth-order valence-electron chi connectivity index (χ4n) is 5.74. The average molecular weight is 596 g/mol. The molecular formula is C29H33N5O7S. The molecule has 5 rings (SSSR count). The highest BCUT2D eigenvalue weighted by Gasteiger charge is 2.64. The number of thioether (sulfide) groups is 1. The third kappa shape index (κ3) is 5.48. The Morgan fingerprint density at radius 2 is 1.81 bits per heavy atom. The number of carboxylic acid groups (broad SMARTS) is 1. The SMILES string of the molecule is CC1(C)S[C@@H]2[C@H](NC(=O)C(NC(=O)[C@@H]3CCCN3C(=O)OCc3ccccc3)c3ccccc3N)C(=O)N2[C@H]1C(=O)O. The second-order valence-electron chi connectivity index (χ2n) is 11.0. The Labute approximate surface area is 246 Å². The molecule has 0 spiro atoms. The van der Waals surface area contributed by atoms with Crippen molar-refractivity contribution in [3.8, 4) is 0 Å². The number of carbonyl (C=O) groups is 5. The van der Waals surface area contributed by atoms with Crippen LogP contribution in [-0.4, -0.2) is 79.5 Å². The van der Waals surface area contributed by atoms with Gasteiger partial charge in [-0.3, -0.25) is 19.3 Å². The number of hydrogen-bond acceptors (Lipinski definition) is 8. The van der Waals surface area contributed by atoms with Crippen molar-refractivity contribution >= 4 is 47.2 Å². The number of hydrogen-bond donors (Lipinski definition) is 4. The maximum atomic E-state index is 13.7. The van der Waals surface area contributed by atoms with Gasteiger partial charge in [0.15, 0.2) is 0 Å². The maximum Gasteiger partial charge on any atom is 0.410 e. The van der Waals surface area contributed by atoms with Gasteiger partial charge in [-0.25, -0.2) is 9.59 Å². The minimum Gasteiger partial charge on any atom is -0.480 e. The normalized spacial score (nSPS) is 24.8. The molecule has 2 aromatic rings. The Morgan fingerprint density at radius 3 is 2.50 bits per heavy atom. The van der Waals surface area contributed by atoms with Gasteiger partial charge in [-0.1, -0.05) is 48.5 Å². The number of nitrogens with two attached hydrogens (primary N) is 1. The highest BCUT2D eigenvalue weighted by Crippen LogP contribution is 2.50. The monoisotopic (exact) mass is 595 g/mol. The Balaban J connectivity index is 1.30. The van der Waals surface area contributed by atoms with Crippen molar-refractivity contribution in [3.05, 3.63) is 65.7 Å². The largest absolute Gasteiger partial charge is 0.480 e. The lowest BCUT2D eigenvalue weighted by atomic mass is 9.95. The molecule has 5 atom stereocenters. The van der Waals surface area contributed by atoms with Crippen LogP contribution in [0.5, 0.6) is 0 Å². The van der Waals surface area contributed by atoms with Gasteiger partial charge in [0.1, 0.15) is 36.1 Å². The number of rotatable bonds is 8. The van der Waals surface area contributed by atoms with Gasteiger partial charge in [0.2, 0.25) is 17.7 Å². The summed E-state index contributed by atoms with van der Waals surface area (Å²) < 4.78 is 4.68. The summed E-state index contributed by atoms with van der Waals surface area (Å²) in [4.78, 5) is 67.5. The number of β-lactam (4-membered cyclic amide) rings is 1. The van der Waals surface area contributed by atoms with E-state index in [1.54, 1.807) is 38.1 Å². The van der Waals surface area contributed by atoms with Crippen LogP contribution in [0.3, 0.4) is 0 Å². The number of nitrogens with one attached hydrogen (secondary N) is 2.